The van der Waals surface area contributed by atoms with Crippen molar-refractivity contribution in [3.8, 4) is 0 Å². The Hall–Kier alpha value is -1.96. The van der Waals surface area contributed by atoms with Crippen molar-refractivity contribution in [2.75, 3.05) is 13.1 Å². The second-order valence-corrected chi connectivity index (χ2v) is 9.44. The maximum absolute atomic E-state index is 12.8. The fraction of sp³-hybridized carbons (Fsp3) is 0.429. The van der Waals surface area contributed by atoms with Crippen molar-refractivity contribution < 1.29 is 17.9 Å². The van der Waals surface area contributed by atoms with Crippen LogP contribution in [0.4, 0.5) is 0 Å². The Kier molecular flexibility index (Phi) is 7.64. The van der Waals surface area contributed by atoms with E-state index in [2.05, 4.69) is 4.98 Å². The lowest BCUT2D eigenvalue weighted by atomic mass is 10.1. The fourth-order valence-electron chi connectivity index (χ4n) is 3.23. The van der Waals surface area contributed by atoms with E-state index < -0.39 is 10.0 Å². The second-order valence-electron chi connectivity index (χ2n) is 7.11. The Morgan fingerprint density at radius 1 is 1.00 bits per heavy atom. The van der Waals surface area contributed by atoms with Crippen LogP contribution < -0.4 is 0 Å². The number of hydrogen-bond donors (Lipinski definition) is 0. The van der Waals surface area contributed by atoms with Gasteiger partial charge in [0.2, 0.25) is 10.0 Å². The molecule has 2 aromatic rings. The first-order valence-corrected chi connectivity index (χ1v) is 11.6. The Balaban J connectivity index is 1.50. The summed E-state index contributed by atoms with van der Waals surface area (Å²) >= 11 is 5.72. The first-order valence-electron chi connectivity index (χ1n) is 9.80. The molecular weight excluding hydrogens is 412 g/mol. The van der Waals surface area contributed by atoms with E-state index in [0.717, 1.165) is 36.8 Å². The van der Waals surface area contributed by atoms with Crippen LogP contribution in [-0.4, -0.2) is 36.8 Å². The number of hydrogen-bond acceptors (Lipinski definition) is 5. The van der Waals surface area contributed by atoms with Crippen LogP contribution in [0.3, 0.4) is 0 Å². The quantitative estimate of drug-likeness (QED) is 0.484. The van der Waals surface area contributed by atoms with E-state index in [1.807, 2.05) is 0 Å². The van der Waals surface area contributed by atoms with Gasteiger partial charge in [-0.2, -0.15) is 4.31 Å². The van der Waals surface area contributed by atoms with Crippen LogP contribution in [0.5, 0.6) is 0 Å². The number of aromatic nitrogens is 1. The topological polar surface area (TPSA) is 76.6 Å². The Bertz CT molecular complexity index is 907. The summed E-state index contributed by atoms with van der Waals surface area (Å²) in [5, 5.41) is 0.390. The van der Waals surface area contributed by atoms with E-state index in [9.17, 15) is 13.2 Å². The molecule has 0 unspecified atom stereocenters. The minimum Gasteiger partial charge on any atom is -0.461 e. The summed E-state index contributed by atoms with van der Waals surface area (Å²) in [7, 11) is -3.45. The first-order chi connectivity index (χ1) is 13.9. The molecule has 1 fully saturated rings. The molecule has 1 aliphatic heterocycles. The molecular formula is C21H25ClN2O4S. The standard InChI is InChI=1S/C21H25ClN2O4S/c22-20-11-7-18(15-23-20)16-28-21(25)12-8-17-5-9-19(10-6-17)29(26,27)24-13-3-1-2-4-14-24/h5-7,9-11,15H,1-4,8,12-14,16H2. The molecule has 1 aromatic carbocycles. The van der Waals surface area contributed by atoms with Gasteiger partial charge in [0, 0.05) is 31.3 Å². The molecule has 156 valence electrons. The van der Waals surface area contributed by atoms with Gasteiger partial charge in [-0.15, -0.1) is 0 Å². The highest BCUT2D eigenvalue weighted by molar-refractivity contribution is 7.89. The Labute approximate surface area is 176 Å². The van der Waals surface area contributed by atoms with Crippen molar-refractivity contribution in [1.29, 1.82) is 0 Å². The van der Waals surface area contributed by atoms with E-state index in [1.54, 1.807) is 46.9 Å². The lowest BCUT2D eigenvalue weighted by molar-refractivity contribution is -0.144. The smallest absolute Gasteiger partial charge is 0.306 e. The van der Waals surface area contributed by atoms with Crippen molar-refractivity contribution in [2.24, 2.45) is 0 Å². The monoisotopic (exact) mass is 436 g/mol. The molecule has 0 aliphatic carbocycles. The van der Waals surface area contributed by atoms with Gasteiger partial charge in [0.05, 0.1) is 4.90 Å². The van der Waals surface area contributed by atoms with Crippen LogP contribution in [0.1, 0.15) is 43.2 Å². The zero-order chi connectivity index (χ0) is 20.7. The number of halogens is 1. The maximum atomic E-state index is 12.8. The van der Waals surface area contributed by atoms with Gasteiger partial charge in [0.15, 0.2) is 0 Å². The van der Waals surface area contributed by atoms with E-state index in [1.165, 1.54) is 0 Å². The van der Waals surface area contributed by atoms with Crippen LogP contribution in [0.25, 0.3) is 0 Å². The first kappa shape index (κ1) is 21.7. The van der Waals surface area contributed by atoms with Gasteiger partial charge in [-0.1, -0.05) is 42.6 Å². The SMILES string of the molecule is O=C(CCc1ccc(S(=O)(=O)N2CCCCCC2)cc1)OCc1ccc(Cl)nc1. The van der Waals surface area contributed by atoms with E-state index >= 15 is 0 Å². The molecule has 29 heavy (non-hydrogen) atoms. The molecule has 1 aromatic heterocycles. The summed E-state index contributed by atoms with van der Waals surface area (Å²) in [4.78, 5) is 16.2. The van der Waals surface area contributed by atoms with Gasteiger partial charge in [-0.3, -0.25) is 4.79 Å². The van der Waals surface area contributed by atoms with Crippen LogP contribution in [0.15, 0.2) is 47.5 Å². The molecule has 0 amide bonds. The van der Waals surface area contributed by atoms with Crippen molar-refractivity contribution in [3.05, 3.63) is 58.9 Å². The molecule has 8 heteroatoms. The van der Waals surface area contributed by atoms with E-state index in [4.69, 9.17) is 16.3 Å². The zero-order valence-corrected chi connectivity index (χ0v) is 17.8. The summed E-state index contributed by atoms with van der Waals surface area (Å²) in [5.74, 6) is -0.318. The van der Waals surface area contributed by atoms with Crippen LogP contribution in [0, 0.1) is 0 Å². The molecule has 0 bridgehead atoms. The predicted octanol–water partition coefficient (Wildman–Crippen LogP) is 3.98. The van der Waals surface area contributed by atoms with Gasteiger partial charge in [0.1, 0.15) is 11.8 Å². The average Bonchev–Trinajstić information content (AvgIpc) is 3.02. The second kappa shape index (κ2) is 10.2. The lowest BCUT2D eigenvalue weighted by Gasteiger charge is -2.20. The molecule has 3 rings (SSSR count). The average molecular weight is 437 g/mol. The minimum absolute atomic E-state index is 0.149. The van der Waals surface area contributed by atoms with Crippen molar-refractivity contribution in [1.82, 2.24) is 9.29 Å². The molecule has 0 atom stereocenters. The number of rotatable bonds is 7. The summed E-state index contributed by atoms with van der Waals surface area (Å²) in [6.07, 6.45) is 6.25. The van der Waals surface area contributed by atoms with E-state index in [-0.39, 0.29) is 19.0 Å². The lowest BCUT2D eigenvalue weighted by Crippen LogP contribution is -2.31. The highest BCUT2D eigenvalue weighted by Gasteiger charge is 2.24. The van der Waals surface area contributed by atoms with Crippen LogP contribution >= 0.6 is 11.6 Å². The number of nitrogens with zero attached hydrogens (tertiary/aromatic N) is 2. The number of aryl methyl sites for hydroxylation is 1. The predicted molar refractivity (Wildman–Crippen MR) is 111 cm³/mol. The number of esters is 1. The summed E-state index contributed by atoms with van der Waals surface area (Å²) in [6, 6.07) is 10.2. The Morgan fingerprint density at radius 2 is 1.66 bits per heavy atom. The third-order valence-corrected chi connectivity index (χ3v) is 7.07. The third-order valence-electron chi connectivity index (χ3n) is 4.93. The zero-order valence-electron chi connectivity index (χ0n) is 16.2. The highest BCUT2D eigenvalue weighted by atomic mass is 35.5. The molecule has 0 N–H and O–H groups in total. The molecule has 0 radical (unpaired) electrons. The summed E-state index contributed by atoms with van der Waals surface area (Å²) in [6.45, 7) is 1.31. The number of carbonyl (C=O) groups excluding carboxylic acids is 1. The number of benzene rings is 1. The third kappa shape index (κ3) is 6.26. The van der Waals surface area contributed by atoms with Gasteiger partial charge < -0.3 is 4.74 Å². The van der Waals surface area contributed by atoms with Gasteiger partial charge in [0.25, 0.3) is 0 Å². The Morgan fingerprint density at radius 3 is 2.28 bits per heavy atom. The van der Waals surface area contributed by atoms with Gasteiger partial charge in [-0.25, -0.2) is 13.4 Å². The molecule has 0 spiro atoms. The van der Waals surface area contributed by atoms with Crippen molar-refractivity contribution >= 4 is 27.6 Å². The molecule has 6 nitrogen and oxygen atoms in total. The highest BCUT2D eigenvalue weighted by Crippen LogP contribution is 2.21. The van der Waals surface area contributed by atoms with E-state index in [0.29, 0.717) is 29.6 Å². The van der Waals surface area contributed by atoms with Crippen molar-refractivity contribution in [3.63, 3.8) is 0 Å². The maximum Gasteiger partial charge on any atom is 0.306 e. The van der Waals surface area contributed by atoms with Crippen LogP contribution in [-0.2, 0) is 32.6 Å². The van der Waals surface area contributed by atoms with Crippen LogP contribution in [0.2, 0.25) is 5.15 Å². The normalized spacial score (nSPS) is 15.6. The molecule has 2 heterocycles. The summed E-state index contributed by atoms with van der Waals surface area (Å²) in [5.41, 5.74) is 1.66. The minimum atomic E-state index is -3.45. The molecule has 0 saturated carbocycles. The van der Waals surface area contributed by atoms with Gasteiger partial charge in [-0.05, 0) is 43.0 Å². The molecule has 1 saturated heterocycles. The number of carbonyl (C=O) groups is 1. The summed E-state index contributed by atoms with van der Waals surface area (Å²) < 4.78 is 32.4. The van der Waals surface area contributed by atoms with Crippen molar-refractivity contribution in [2.45, 2.75) is 50.0 Å². The fourth-order valence-corrected chi connectivity index (χ4v) is 4.86. The largest absolute Gasteiger partial charge is 0.461 e. The van der Waals surface area contributed by atoms with Gasteiger partial charge >= 0.3 is 5.97 Å². The number of ether oxygens (including phenoxy) is 1. The molecule has 1 aliphatic rings. The number of sulfonamides is 1. The number of pyridine rings is 1.